The number of nitrogens with two attached hydrogens (primary N) is 1. The van der Waals surface area contributed by atoms with Gasteiger partial charge in [-0.05, 0) is 24.3 Å². The van der Waals surface area contributed by atoms with Crippen molar-refractivity contribution in [3.8, 4) is 0 Å². The van der Waals surface area contributed by atoms with Crippen molar-refractivity contribution in [2.75, 3.05) is 0 Å². The molecule has 0 saturated heterocycles. The summed E-state index contributed by atoms with van der Waals surface area (Å²) < 4.78 is 0. The lowest BCUT2D eigenvalue weighted by molar-refractivity contribution is -0.126. The molecule has 0 spiro atoms. The standard InChI is InChI=1S/C17H26N2O.ClH/c1-12-7-6-10-15(11-12)19-17(20)13(2)16(18)14-8-4-3-5-9-14;/h3-5,8-9,12-13,15-16H,6-7,10-11,18H2,1-2H3,(H,19,20);1H. The summed E-state index contributed by atoms with van der Waals surface area (Å²) in [5.74, 6) is 0.599. The first-order valence-corrected chi connectivity index (χ1v) is 7.69. The molecule has 3 nitrogen and oxygen atoms in total. The largest absolute Gasteiger partial charge is 0.353 e. The summed E-state index contributed by atoms with van der Waals surface area (Å²) in [7, 11) is 0. The van der Waals surface area contributed by atoms with Gasteiger partial charge < -0.3 is 11.1 Å². The van der Waals surface area contributed by atoms with Gasteiger partial charge in [-0.1, -0.05) is 57.0 Å². The molecule has 1 fully saturated rings. The van der Waals surface area contributed by atoms with E-state index in [0.29, 0.717) is 12.0 Å². The second-order valence-electron chi connectivity index (χ2n) is 6.20. The second-order valence-corrected chi connectivity index (χ2v) is 6.20. The van der Waals surface area contributed by atoms with Crippen LogP contribution in [0.5, 0.6) is 0 Å². The SMILES string of the molecule is CC1CCCC(NC(=O)C(C)C(N)c2ccccc2)C1.Cl. The Kier molecular flexibility index (Phi) is 7.20. The summed E-state index contributed by atoms with van der Waals surface area (Å²) in [6, 6.07) is 9.94. The van der Waals surface area contributed by atoms with Crippen LogP contribution < -0.4 is 11.1 Å². The molecular formula is C17H27ClN2O. The molecule has 1 aliphatic carbocycles. The number of benzene rings is 1. The van der Waals surface area contributed by atoms with Crippen molar-refractivity contribution in [1.82, 2.24) is 5.32 Å². The molecule has 4 atom stereocenters. The van der Waals surface area contributed by atoms with E-state index in [0.717, 1.165) is 18.4 Å². The van der Waals surface area contributed by atoms with Crippen LogP contribution in [-0.4, -0.2) is 11.9 Å². The highest BCUT2D eigenvalue weighted by atomic mass is 35.5. The maximum Gasteiger partial charge on any atom is 0.224 e. The van der Waals surface area contributed by atoms with Crippen molar-refractivity contribution in [1.29, 1.82) is 0 Å². The van der Waals surface area contributed by atoms with Gasteiger partial charge in [0.05, 0.1) is 5.92 Å². The zero-order chi connectivity index (χ0) is 14.5. The number of carbonyl (C=O) groups is 1. The average molecular weight is 311 g/mol. The Morgan fingerprint density at radius 2 is 1.95 bits per heavy atom. The molecule has 0 heterocycles. The minimum atomic E-state index is -0.239. The number of nitrogens with one attached hydrogen (secondary N) is 1. The third-order valence-corrected chi connectivity index (χ3v) is 4.42. The topological polar surface area (TPSA) is 55.1 Å². The minimum absolute atomic E-state index is 0. The molecule has 118 valence electrons. The van der Waals surface area contributed by atoms with Gasteiger partial charge in [0.2, 0.25) is 5.91 Å². The van der Waals surface area contributed by atoms with Gasteiger partial charge in [-0.15, -0.1) is 12.4 Å². The average Bonchev–Trinajstić information content (AvgIpc) is 2.46. The van der Waals surface area contributed by atoms with Crippen molar-refractivity contribution in [2.45, 2.75) is 51.6 Å². The number of hydrogen-bond donors (Lipinski definition) is 2. The fourth-order valence-corrected chi connectivity index (χ4v) is 3.02. The molecule has 0 aliphatic heterocycles. The predicted octanol–water partition coefficient (Wildman–Crippen LogP) is 3.44. The molecule has 0 aromatic heterocycles. The van der Waals surface area contributed by atoms with Gasteiger partial charge in [0.25, 0.3) is 0 Å². The normalized spacial score (nSPS) is 24.5. The lowest BCUT2D eigenvalue weighted by atomic mass is 9.86. The Balaban J connectivity index is 0.00000220. The van der Waals surface area contributed by atoms with Crippen LogP contribution in [0, 0.1) is 11.8 Å². The number of rotatable bonds is 4. The summed E-state index contributed by atoms with van der Waals surface area (Å²) in [6.07, 6.45) is 4.69. The maximum absolute atomic E-state index is 12.3. The molecule has 1 aromatic carbocycles. The minimum Gasteiger partial charge on any atom is -0.353 e. The van der Waals surface area contributed by atoms with Crippen LogP contribution in [0.25, 0.3) is 0 Å². The highest BCUT2D eigenvalue weighted by Crippen LogP contribution is 2.25. The quantitative estimate of drug-likeness (QED) is 0.895. The summed E-state index contributed by atoms with van der Waals surface area (Å²) in [4.78, 5) is 12.3. The summed E-state index contributed by atoms with van der Waals surface area (Å²) in [6.45, 7) is 4.18. The van der Waals surface area contributed by atoms with Gasteiger partial charge in [-0.3, -0.25) is 4.79 Å². The van der Waals surface area contributed by atoms with E-state index < -0.39 is 0 Å². The molecule has 21 heavy (non-hydrogen) atoms. The Morgan fingerprint density at radius 3 is 2.57 bits per heavy atom. The predicted molar refractivity (Wildman–Crippen MR) is 89.3 cm³/mol. The maximum atomic E-state index is 12.3. The number of halogens is 1. The van der Waals surface area contributed by atoms with Crippen LogP contribution in [0.4, 0.5) is 0 Å². The van der Waals surface area contributed by atoms with Crippen molar-refractivity contribution in [2.24, 2.45) is 17.6 Å². The van der Waals surface area contributed by atoms with Crippen LogP contribution in [0.1, 0.15) is 51.1 Å². The van der Waals surface area contributed by atoms with E-state index in [9.17, 15) is 4.79 Å². The van der Waals surface area contributed by atoms with Gasteiger partial charge in [0.1, 0.15) is 0 Å². The first kappa shape index (κ1) is 18.0. The van der Waals surface area contributed by atoms with Gasteiger partial charge in [0.15, 0.2) is 0 Å². The summed E-state index contributed by atoms with van der Waals surface area (Å²) >= 11 is 0. The molecule has 0 bridgehead atoms. The highest BCUT2D eigenvalue weighted by Gasteiger charge is 2.26. The van der Waals surface area contributed by atoms with Crippen molar-refractivity contribution in [3.05, 3.63) is 35.9 Å². The van der Waals surface area contributed by atoms with Crippen molar-refractivity contribution >= 4 is 18.3 Å². The molecule has 4 unspecified atom stereocenters. The fraction of sp³-hybridized carbons (Fsp3) is 0.588. The van der Waals surface area contributed by atoms with E-state index in [1.165, 1.54) is 12.8 Å². The fourth-order valence-electron chi connectivity index (χ4n) is 3.02. The van der Waals surface area contributed by atoms with Crippen LogP contribution >= 0.6 is 12.4 Å². The smallest absolute Gasteiger partial charge is 0.224 e. The summed E-state index contributed by atoms with van der Waals surface area (Å²) in [5.41, 5.74) is 7.23. The molecular weight excluding hydrogens is 284 g/mol. The van der Waals surface area contributed by atoms with Crippen molar-refractivity contribution < 1.29 is 4.79 Å². The lowest BCUT2D eigenvalue weighted by Crippen LogP contribution is -2.43. The Hall–Kier alpha value is -1.06. The van der Waals surface area contributed by atoms with Gasteiger partial charge >= 0.3 is 0 Å². The van der Waals surface area contributed by atoms with Crippen LogP contribution in [0.3, 0.4) is 0 Å². The first-order chi connectivity index (χ1) is 9.58. The molecule has 4 heteroatoms. The molecule has 2 rings (SSSR count). The first-order valence-electron chi connectivity index (χ1n) is 7.69. The van der Waals surface area contributed by atoms with Crippen LogP contribution in [0.15, 0.2) is 30.3 Å². The number of hydrogen-bond acceptors (Lipinski definition) is 2. The number of amides is 1. The highest BCUT2D eigenvalue weighted by molar-refractivity contribution is 5.85. The molecule has 1 saturated carbocycles. The Bertz CT molecular complexity index is 438. The lowest BCUT2D eigenvalue weighted by Gasteiger charge is -2.29. The molecule has 1 aromatic rings. The van der Waals surface area contributed by atoms with E-state index >= 15 is 0 Å². The van der Waals surface area contributed by atoms with Gasteiger partial charge in [0, 0.05) is 12.1 Å². The van der Waals surface area contributed by atoms with E-state index in [1.807, 2.05) is 37.3 Å². The third-order valence-electron chi connectivity index (χ3n) is 4.42. The molecule has 1 aliphatic rings. The third kappa shape index (κ3) is 5.01. The molecule has 3 N–H and O–H groups in total. The number of carbonyl (C=O) groups excluding carboxylic acids is 1. The van der Waals surface area contributed by atoms with Crippen LogP contribution in [-0.2, 0) is 4.79 Å². The van der Waals surface area contributed by atoms with Gasteiger partial charge in [-0.2, -0.15) is 0 Å². The van der Waals surface area contributed by atoms with Gasteiger partial charge in [-0.25, -0.2) is 0 Å². The zero-order valence-electron chi connectivity index (χ0n) is 12.9. The monoisotopic (exact) mass is 310 g/mol. The van der Waals surface area contributed by atoms with E-state index in [4.69, 9.17) is 5.73 Å². The van der Waals surface area contributed by atoms with E-state index in [1.54, 1.807) is 0 Å². The zero-order valence-corrected chi connectivity index (χ0v) is 13.7. The Morgan fingerprint density at radius 1 is 1.29 bits per heavy atom. The summed E-state index contributed by atoms with van der Waals surface area (Å²) in [5, 5.41) is 3.18. The van der Waals surface area contributed by atoms with Crippen molar-refractivity contribution in [3.63, 3.8) is 0 Å². The molecule has 1 amide bonds. The Labute approximate surface area is 134 Å². The van der Waals surface area contributed by atoms with Crippen LogP contribution in [0.2, 0.25) is 0 Å². The van der Waals surface area contributed by atoms with E-state index in [2.05, 4.69) is 12.2 Å². The van der Waals surface area contributed by atoms with E-state index in [-0.39, 0.29) is 30.3 Å². The molecule has 0 radical (unpaired) electrons. The second kappa shape index (κ2) is 8.40.